The molecule has 0 saturated carbocycles. The van der Waals surface area contributed by atoms with Crippen LogP contribution in [-0.2, 0) is 13.0 Å². The molecule has 5 heteroatoms. The predicted molar refractivity (Wildman–Crippen MR) is 79.9 cm³/mol. The molecule has 2 rings (SSSR count). The van der Waals surface area contributed by atoms with Crippen molar-refractivity contribution in [2.24, 2.45) is 0 Å². The van der Waals surface area contributed by atoms with E-state index < -0.39 is 0 Å². The molecule has 1 aromatic heterocycles. The van der Waals surface area contributed by atoms with E-state index in [1.165, 1.54) is 0 Å². The highest BCUT2D eigenvalue weighted by Crippen LogP contribution is 2.26. The van der Waals surface area contributed by atoms with Crippen molar-refractivity contribution < 1.29 is 0 Å². The molecule has 1 atom stereocenters. The molecule has 0 bridgehead atoms. The Morgan fingerprint density at radius 1 is 1.32 bits per heavy atom. The Bertz CT molecular complexity index is 551. The number of hydrogen-bond donors (Lipinski definition) is 1. The number of nitrogens with zero attached hydrogens (tertiary/aromatic N) is 2. The maximum absolute atomic E-state index is 6.23. The summed E-state index contributed by atoms with van der Waals surface area (Å²) in [5, 5.41) is 8.99. The summed E-state index contributed by atoms with van der Waals surface area (Å²) < 4.78 is 1.99. The molecule has 0 saturated heterocycles. The third-order valence-corrected chi connectivity index (χ3v) is 3.78. The predicted octanol–water partition coefficient (Wildman–Crippen LogP) is 3.71. The standard InChI is InChI=1S/C14H17Cl2N3/c1-3-19-14(6-7-18-19)13(17-2)8-10-4-5-11(15)9-12(10)16/h4-7,9,13,17H,3,8H2,1-2H3. The zero-order valence-corrected chi connectivity index (χ0v) is 12.5. The van der Waals surface area contributed by atoms with Crippen LogP contribution in [0.15, 0.2) is 30.5 Å². The van der Waals surface area contributed by atoms with Crippen LogP contribution in [0.4, 0.5) is 0 Å². The molecule has 0 aliphatic rings. The van der Waals surface area contributed by atoms with Crippen LogP contribution in [0.5, 0.6) is 0 Å². The minimum Gasteiger partial charge on any atom is -0.311 e. The molecule has 1 N–H and O–H groups in total. The second kappa shape index (κ2) is 6.42. The second-order valence-electron chi connectivity index (χ2n) is 4.35. The summed E-state index contributed by atoms with van der Waals surface area (Å²) in [5.74, 6) is 0. The van der Waals surface area contributed by atoms with Crippen molar-refractivity contribution in [3.8, 4) is 0 Å². The molecule has 0 spiro atoms. The Kier molecular flexibility index (Phi) is 4.86. The molecule has 1 unspecified atom stereocenters. The first-order valence-corrected chi connectivity index (χ1v) is 7.04. The van der Waals surface area contributed by atoms with Crippen molar-refractivity contribution >= 4 is 23.2 Å². The van der Waals surface area contributed by atoms with E-state index in [1.54, 1.807) is 6.07 Å². The van der Waals surface area contributed by atoms with E-state index in [2.05, 4.69) is 17.3 Å². The zero-order valence-electron chi connectivity index (χ0n) is 11.0. The molecule has 0 aliphatic carbocycles. The van der Waals surface area contributed by atoms with Gasteiger partial charge in [0.15, 0.2) is 0 Å². The third kappa shape index (κ3) is 3.30. The van der Waals surface area contributed by atoms with Gasteiger partial charge < -0.3 is 5.32 Å². The molecule has 0 amide bonds. The van der Waals surface area contributed by atoms with E-state index in [0.717, 1.165) is 24.2 Å². The van der Waals surface area contributed by atoms with Gasteiger partial charge in [-0.2, -0.15) is 5.10 Å². The van der Waals surface area contributed by atoms with Gasteiger partial charge in [0.05, 0.1) is 11.7 Å². The fourth-order valence-electron chi connectivity index (χ4n) is 2.16. The Balaban J connectivity index is 2.24. The Morgan fingerprint density at radius 3 is 2.74 bits per heavy atom. The third-order valence-electron chi connectivity index (χ3n) is 3.19. The lowest BCUT2D eigenvalue weighted by Gasteiger charge is -2.18. The van der Waals surface area contributed by atoms with Crippen LogP contribution in [-0.4, -0.2) is 16.8 Å². The van der Waals surface area contributed by atoms with Crippen molar-refractivity contribution in [3.63, 3.8) is 0 Å². The van der Waals surface area contributed by atoms with Crippen molar-refractivity contribution in [2.45, 2.75) is 25.9 Å². The van der Waals surface area contributed by atoms with E-state index in [4.69, 9.17) is 23.2 Å². The van der Waals surface area contributed by atoms with E-state index in [9.17, 15) is 0 Å². The summed E-state index contributed by atoms with van der Waals surface area (Å²) in [6, 6.07) is 7.84. The van der Waals surface area contributed by atoms with Gasteiger partial charge in [0.2, 0.25) is 0 Å². The molecular weight excluding hydrogens is 281 g/mol. The molecule has 1 aromatic carbocycles. The Morgan fingerprint density at radius 2 is 2.11 bits per heavy atom. The van der Waals surface area contributed by atoms with Crippen molar-refractivity contribution in [3.05, 3.63) is 51.8 Å². The first-order chi connectivity index (χ1) is 9.15. The van der Waals surface area contributed by atoms with Gasteiger partial charge in [-0.15, -0.1) is 0 Å². The van der Waals surface area contributed by atoms with Gasteiger partial charge in [-0.05, 0) is 44.2 Å². The highest BCUT2D eigenvalue weighted by atomic mass is 35.5. The van der Waals surface area contributed by atoms with Crippen LogP contribution in [0, 0.1) is 0 Å². The lowest BCUT2D eigenvalue weighted by molar-refractivity contribution is 0.513. The van der Waals surface area contributed by atoms with E-state index in [1.807, 2.05) is 36.1 Å². The fraction of sp³-hybridized carbons (Fsp3) is 0.357. The lowest BCUT2D eigenvalue weighted by Crippen LogP contribution is -2.22. The van der Waals surface area contributed by atoms with Crippen molar-refractivity contribution in [1.82, 2.24) is 15.1 Å². The highest BCUT2D eigenvalue weighted by molar-refractivity contribution is 6.35. The maximum Gasteiger partial charge on any atom is 0.0556 e. The van der Waals surface area contributed by atoms with Gasteiger partial charge in [-0.25, -0.2) is 0 Å². The number of rotatable bonds is 5. The maximum atomic E-state index is 6.23. The minimum absolute atomic E-state index is 0.182. The molecule has 3 nitrogen and oxygen atoms in total. The topological polar surface area (TPSA) is 29.9 Å². The molecule has 2 aromatic rings. The van der Waals surface area contributed by atoms with Crippen molar-refractivity contribution in [2.75, 3.05) is 7.05 Å². The fourth-order valence-corrected chi connectivity index (χ4v) is 2.65. The smallest absolute Gasteiger partial charge is 0.0556 e. The van der Waals surface area contributed by atoms with Crippen LogP contribution in [0.1, 0.15) is 24.2 Å². The van der Waals surface area contributed by atoms with E-state index in [0.29, 0.717) is 10.0 Å². The summed E-state index contributed by atoms with van der Waals surface area (Å²) in [4.78, 5) is 0. The number of aromatic nitrogens is 2. The Hall–Kier alpha value is -1.03. The van der Waals surface area contributed by atoms with Crippen LogP contribution < -0.4 is 5.32 Å². The van der Waals surface area contributed by atoms with Crippen molar-refractivity contribution in [1.29, 1.82) is 0 Å². The summed E-state index contributed by atoms with van der Waals surface area (Å²) in [7, 11) is 1.95. The molecule has 19 heavy (non-hydrogen) atoms. The summed E-state index contributed by atoms with van der Waals surface area (Å²) in [6.07, 6.45) is 2.63. The number of hydrogen-bond acceptors (Lipinski definition) is 2. The average molecular weight is 298 g/mol. The van der Waals surface area contributed by atoms with Gasteiger partial charge in [-0.1, -0.05) is 29.3 Å². The quantitative estimate of drug-likeness (QED) is 0.912. The van der Waals surface area contributed by atoms with Crippen LogP contribution in [0.2, 0.25) is 10.0 Å². The first kappa shape index (κ1) is 14.4. The van der Waals surface area contributed by atoms with Crippen LogP contribution in [0.3, 0.4) is 0 Å². The van der Waals surface area contributed by atoms with Gasteiger partial charge in [0.25, 0.3) is 0 Å². The average Bonchev–Trinajstić information content (AvgIpc) is 2.86. The van der Waals surface area contributed by atoms with Gasteiger partial charge in [0.1, 0.15) is 0 Å². The van der Waals surface area contributed by atoms with E-state index in [-0.39, 0.29) is 6.04 Å². The molecule has 0 aliphatic heterocycles. The zero-order chi connectivity index (χ0) is 13.8. The number of benzene rings is 1. The monoisotopic (exact) mass is 297 g/mol. The second-order valence-corrected chi connectivity index (χ2v) is 5.20. The summed E-state index contributed by atoms with van der Waals surface area (Å²) in [5.41, 5.74) is 2.24. The highest BCUT2D eigenvalue weighted by Gasteiger charge is 2.16. The van der Waals surface area contributed by atoms with Crippen LogP contribution >= 0.6 is 23.2 Å². The number of likely N-dealkylation sites (N-methyl/N-ethyl adjacent to an activating group) is 1. The molecular formula is C14H17Cl2N3. The Labute approximate surface area is 123 Å². The SMILES string of the molecule is CCn1nccc1C(Cc1ccc(Cl)cc1Cl)NC. The molecule has 0 radical (unpaired) electrons. The number of nitrogens with one attached hydrogen (secondary N) is 1. The first-order valence-electron chi connectivity index (χ1n) is 6.28. The van der Waals surface area contributed by atoms with Gasteiger partial charge in [-0.3, -0.25) is 4.68 Å². The molecule has 0 fully saturated rings. The lowest BCUT2D eigenvalue weighted by atomic mass is 10.0. The summed E-state index contributed by atoms with van der Waals surface area (Å²) in [6.45, 7) is 2.94. The number of halogens is 2. The largest absolute Gasteiger partial charge is 0.311 e. The number of aryl methyl sites for hydroxylation is 1. The van der Waals surface area contributed by atoms with Crippen LogP contribution in [0.25, 0.3) is 0 Å². The molecule has 1 heterocycles. The molecule has 102 valence electrons. The summed E-state index contributed by atoms with van der Waals surface area (Å²) >= 11 is 12.2. The normalized spacial score (nSPS) is 12.6. The van der Waals surface area contributed by atoms with Gasteiger partial charge in [0, 0.05) is 22.8 Å². The minimum atomic E-state index is 0.182. The van der Waals surface area contributed by atoms with Gasteiger partial charge >= 0.3 is 0 Å². The van der Waals surface area contributed by atoms with E-state index >= 15 is 0 Å².